The van der Waals surface area contributed by atoms with Gasteiger partial charge in [0, 0.05) is 38.9 Å². The number of aromatic nitrogens is 2. The number of rotatable bonds is 6. The average molecular weight is 441 g/mol. The van der Waals surface area contributed by atoms with Gasteiger partial charge in [-0.15, -0.1) is 11.3 Å². The van der Waals surface area contributed by atoms with Gasteiger partial charge >= 0.3 is 0 Å². The quantitative estimate of drug-likeness (QED) is 0.688. The summed E-state index contributed by atoms with van der Waals surface area (Å²) in [6, 6.07) is 1.67. The van der Waals surface area contributed by atoms with Gasteiger partial charge in [-0.2, -0.15) is 4.31 Å². The van der Waals surface area contributed by atoms with E-state index in [0.717, 1.165) is 0 Å². The van der Waals surface area contributed by atoms with Crippen LogP contribution < -0.4 is 0 Å². The summed E-state index contributed by atoms with van der Waals surface area (Å²) in [5.74, 6) is -0.0449. The summed E-state index contributed by atoms with van der Waals surface area (Å²) >= 11 is 1.31. The first kappa shape index (κ1) is 21.9. The van der Waals surface area contributed by atoms with Crippen LogP contribution in [0.25, 0.3) is 10.7 Å². The maximum absolute atomic E-state index is 13.0. The number of aryl methyl sites for hydroxylation is 1. The van der Waals surface area contributed by atoms with Crippen LogP contribution in [-0.2, 0) is 21.8 Å². The molecule has 29 heavy (non-hydrogen) atoms. The zero-order chi connectivity index (χ0) is 21.3. The highest BCUT2D eigenvalue weighted by Crippen LogP contribution is 2.33. The van der Waals surface area contributed by atoms with Crippen LogP contribution in [-0.4, -0.2) is 72.5 Å². The third-order valence-corrected chi connectivity index (χ3v) is 8.65. The molecule has 0 radical (unpaired) electrons. The lowest BCUT2D eigenvalue weighted by Gasteiger charge is -2.26. The lowest BCUT2D eigenvalue weighted by Crippen LogP contribution is -2.40. The smallest absolute Gasteiger partial charge is 0.266 e. The predicted octanol–water partition coefficient (Wildman–Crippen LogP) is 2.27. The van der Waals surface area contributed by atoms with Gasteiger partial charge in [-0.25, -0.2) is 13.4 Å². The molecule has 0 N–H and O–H groups in total. The lowest BCUT2D eigenvalue weighted by molar-refractivity contribution is 0.0305. The van der Waals surface area contributed by atoms with Gasteiger partial charge in [0.1, 0.15) is 14.8 Å². The molecule has 3 rings (SSSR count). The zero-order valence-electron chi connectivity index (χ0n) is 17.6. The van der Waals surface area contributed by atoms with Crippen molar-refractivity contribution in [1.82, 2.24) is 18.8 Å². The standard InChI is InChI=1S/C19H28N4O4S2/c1-6-23(7-2)29(25,26)16-12-15(21(5)14(16)4)18-20-13(3)17(28-18)19(24)22-8-10-27-11-9-22/h12H,6-11H2,1-5H3. The first-order valence-electron chi connectivity index (χ1n) is 9.73. The highest BCUT2D eigenvalue weighted by atomic mass is 32.2. The van der Waals surface area contributed by atoms with E-state index >= 15 is 0 Å². The minimum Gasteiger partial charge on any atom is -0.378 e. The third-order valence-electron chi connectivity index (χ3n) is 5.32. The molecule has 2 aromatic heterocycles. The Balaban J connectivity index is 1.99. The molecule has 0 aliphatic carbocycles. The van der Waals surface area contributed by atoms with Gasteiger partial charge in [0.15, 0.2) is 0 Å². The van der Waals surface area contributed by atoms with Crippen molar-refractivity contribution >= 4 is 27.3 Å². The topological polar surface area (TPSA) is 84.7 Å². The van der Waals surface area contributed by atoms with E-state index in [2.05, 4.69) is 4.98 Å². The molecule has 0 bridgehead atoms. The molecule has 0 atom stereocenters. The van der Waals surface area contributed by atoms with Crippen LogP contribution in [0.4, 0.5) is 0 Å². The summed E-state index contributed by atoms with van der Waals surface area (Å²) in [6.07, 6.45) is 0. The maximum Gasteiger partial charge on any atom is 0.266 e. The van der Waals surface area contributed by atoms with Crippen molar-refractivity contribution in [2.75, 3.05) is 39.4 Å². The van der Waals surface area contributed by atoms with Crippen molar-refractivity contribution in [1.29, 1.82) is 0 Å². The van der Waals surface area contributed by atoms with Crippen molar-refractivity contribution < 1.29 is 17.9 Å². The SMILES string of the molecule is CCN(CC)S(=O)(=O)c1cc(-c2nc(C)c(C(=O)N3CCOCC3)s2)n(C)c1C. The Morgan fingerprint density at radius 1 is 1.24 bits per heavy atom. The van der Waals surface area contributed by atoms with Gasteiger partial charge in [-0.3, -0.25) is 4.79 Å². The predicted molar refractivity (Wildman–Crippen MR) is 113 cm³/mol. The molecule has 1 amide bonds. The second-order valence-corrected chi connectivity index (χ2v) is 9.87. The number of carbonyl (C=O) groups is 1. The molecule has 2 aromatic rings. The molecule has 1 fully saturated rings. The summed E-state index contributed by atoms with van der Waals surface area (Å²) in [7, 11) is -1.75. The summed E-state index contributed by atoms with van der Waals surface area (Å²) in [5.41, 5.74) is 2.01. The van der Waals surface area contributed by atoms with Crippen LogP contribution in [0.15, 0.2) is 11.0 Å². The number of thiazole rings is 1. The highest BCUT2D eigenvalue weighted by molar-refractivity contribution is 7.89. The molecule has 3 heterocycles. The fourth-order valence-electron chi connectivity index (χ4n) is 3.45. The summed E-state index contributed by atoms with van der Waals surface area (Å²) in [4.78, 5) is 20.1. The van der Waals surface area contributed by atoms with Gasteiger partial charge < -0.3 is 14.2 Å². The Morgan fingerprint density at radius 2 is 1.86 bits per heavy atom. The number of ether oxygens (including phenoxy) is 1. The summed E-state index contributed by atoms with van der Waals surface area (Å²) in [5, 5.41) is 0.644. The molecule has 0 unspecified atom stereocenters. The Bertz CT molecular complexity index is 1000. The molecule has 1 aliphatic rings. The van der Waals surface area contributed by atoms with Crippen molar-refractivity contribution in [2.45, 2.75) is 32.6 Å². The minimum absolute atomic E-state index is 0.0449. The fraction of sp³-hybridized carbons (Fsp3) is 0.579. The maximum atomic E-state index is 13.0. The Hall–Kier alpha value is -1.75. The molecule has 8 nitrogen and oxygen atoms in total. The van der Waals surface area contributed by atoms with Crippen LogP contribution in [0.3, 0.4) is 0 Å². The van der Waals surface area contributed by atoms with Crippen LogP contribution in [0.2, 0.25) is 0 Å². The minimum atomic E-state index is -3.58. The first-order valence-corrected chi connectivity index (χ1v) is 12.0. The molecule has 0 aromatic carbocycles. The van der Waals surface area contributed by atoms with E-state index in [9.17, 15) is 13.2 Å². The van der Waals surface area contributed by atoms with Gasteiger partial charge in [-0.05, 0) is 19.9 Å². The molecular formula is C19H28N4O4S2. The van der Waals surface area contributed by atoms with E-state index in [-0.39, 0.29) is 10.8 Å². The van der Waals surface area contributed by atoms with E-state index in [0.29, 0.717) is 66.4 Å². The van der Waals surface area contributed by atoms with Crippen LogP contribution in [0, 0.1) is 13.8 Å². The fourth-order valence-corrected chi connectivity index (χ4v) is 6.27. The molecule has 0 spiro atoms. The number of nitrogens with zero attached hydrogens (tertiary/aromatic N) is 4. The van der Waals surface area contributed by atoms with E-state index in [4.69, 9.17) is 4.74 Å². The monoisotopic (exact) mass is 440 g/mol. The van der Waals surface area contributed by atoms with Crippen molar-refractivity contribution in [2.24, 2.45) is 7.05 Å². The Morgan fingerprint density at radius 3 is 2.45 bits per heavy atom. The van der Waals surface area contributed by atoms with Gasteiger partial charge in [-0.1, -0.05) is 13.8 Å². The highest BCUT2D eigenvalue weighted by Gasteiger charge is 2.29. The number of hydrogen-bond donors (Lipinski definition) is 0. The van der Waals surface area contributed by atoms with Crippen molar-refractivity contribution in [3.63, 3.8) is 0 Å². The van der Waals surface area contributed by atoms with Crippen molar-refractivity contribution in [3.05, 3.63) is 22.3 Å². The average Bonchev–Trinajstić information content (AvgIpc) is 3.23. The zero-order valence-corrected chi connectivity index (χ0v) is 19.2. The number of hydrogen-bond acceptors (Lipinski definition) is 6. The first-order chi connectivity index (χ1) is 13.7. The van der Waals surface area contributed by atoms with E-state index in [1.54, 1.807) is 17.9 Å². The molecule has 10 heteroatoms. The second kappa shape index (κ2) is 8.55. The second-order valence-electron chi connectivity index (χ2n) is 6.97. The molecule has 160 valence electrons. The number of morpholine rings is 1. The molecule has 1 saturated heterocycles. The third kappa shape index (κ3) is 3.98. The molecular weight excluding hydrogens is 412 g/mol. The summed E-state index contributed by atoms with van der Waals surface area (Å²) in [6.45, 7) is 10.3. The van der Waals surface area contributed by atoms with E-state index < -0.39 is 10.0 Å². The van der Waals surface area contributed by atoms with Crippen LogP contribution in [0.1, 0.15) is 34.9 Å². The normalized spacial score (nSPS) is 15.3. The molecule has 1 aliphatic heterocycles. The Kier molecular flexibility index (Phi) is 6.47. The van der Waals surface area contributed by atoms with Gasteiger partial charge in [0.2, 0.25) is 10.0 Å². The summed E-state index contributed by atoms with van der Waals surface area (Å²) < 4.78 is 34.6. The molecule has 0 saturated carbocycles. The number of carbonyl (C=O) groups excluding carboxylic acids is 1. The largest absolute Gasteiger partial charge is 0.378 e. The Labute approximate surface area is 176 Å². The lowest BCUT2D eigenvalue weighted by atomic mass is 10.3. The van der Waals surface area contributed by atoms with Crippen LogP contribution >= 0.6 is 11.3 Å². The number of sulfonamides is 1. The number of amides is 1. The van der Waals surface area contributed by atoms with E-state index in [1.807, 2.05) is 32.4 Å². The van der Waals surface area contributed by atoms with Gasteiger partial charge in [0.25, 0.3) is 5.91 Å². The van der Waals surface area contributed by atoms with Crippen molar-refractivity contribution in [3.8, 4) is 10.7 Å². The van der Waals surface area contributed by atoms with E-state index in [1.165, 1.54) is 15.6 Å². The van der Waals surface area contributed by atoms with Crippen LogP contribution in [0.5, 0.6) is 0 Å². The van der Waals surface area contributed by atoms with Gasteiger partial charge in [0.05, 0.1) is 24.6 Å².